The minimum atomic E-state index is -0.279. The van der Waals surface area contributed by atoms with Crippen molar-refractivity contribution in [2.75, 3.05) is 19.6 Å². The Kier molecular flexibility index (Phi) is 4.15. The molecular formula is C11H21N3O2. The van der Waals surface area contributed by atoms with Gasteiger partial charge in [-0.25, -0.2) is 5.84 Å². The van der Waals surface area contributed by atoms with Crippen LogP contribution < -0.4 is 11.4 Å². The van der Waals surface area contributed by atoms with E-state index < -0.39 is 0 Å². The first-order valence-corrected chi connectivity index (χ1v) is 6.15. The van der Waals surface area contributed by atoms with Gasteiger partial charge in [0, 0.05) is 19.6 Å². The van der Waals surface area contributed by atoms with Gasteiger partial charge in [-0.05, 0) is 37.5 Å². The van der Waals surface area contributed by atoms with Crippen LogP contribution >= 0.6 is 0 Å². The van der Waals surface area contributed by atoms with Gasteiger partial charge < -0.3 is 9.74 Å². The second kappa shape index (κ2) is 5.61. The first-order valence-electron chi connectivity index (χ1n) is 6.15. The molecule has 0 spiro atoms. The Balaban J connectivity index is 1.65. The molecule has 0 aliphatic heterocycles. The third-order valence-corrected chi connectivity index (χ3v) is 3.23. The maximum atomic E-state index is 11.2. The van der Waals surface area contributed by atoms with Gasteiger partial charge in [-0.2, -0.15) is 0 Å². The molecule has 2 aliphatic carbocycles. The van der Waals surface area contributed by atoms with Crippen LogP contribution in [0.25, 0.3) is 0 Å². The number of hydrazine groups is 1. The van der Waals surface area contributed by atoms with Crippen molar-refractivity contribution in [1.29, 1.82) is 0 Å². The van der Waals surface area contributed by atoms with Crippen molar-refractivity contribution in [2.45, 2.75) is 32.1 Å². The highest BCUT2D eigenvalue weighted by Gasteiger charge is 2.29. The molecule has 2 aliphatic rings. The fraction of sp³-hybridized carbons (Fsp3) is 0.909. The van der Waals surface area contributed by atoms with E-state index in [4.69, 9.17) is 5.84 Å². The fourth-order valence-electron chi connectivity index (χ4n) is 1.95. The zero-order valence-electron chi connectivity index (χ0n) is 9.65. The van der Waals surface area contributed by atoms with Crippen molar-refractivity contribution in [3.8, 4) is 0 Å². The largest absolute Gasteiger partial charge is 0.356 e. The zero-order valence-corrected chi connectivity index (χ0v) is 9.65. The van der Waals surface area contributed by atoms with Gasteiger partial charge in [0.1, 0.15) is 0 Å². The Morgan fingerprint density at radius 3 is 2.25 bits per heavy atom. The molecule has 2 saturated carbocycles. The highest BCUT2D eigenvalue weighted by Crippen LogP contribution is 2.33. The molecule has 0 aromatic heterocycles. The molecule has 0 saturated heterocycles. The molecule has 0 amide bonds. The maximum Gasteiger partial charge on any atom is 0.327 e. The lowest BCUT2D eigenvalue weighted by Gasteiger charge is -2.21. The van der Waals surface area contributed by atoms with E-state index in [0.29, 0.717) is 6.42 Å². The molecule has 92 valence electrons. The summed E-state index contributed by atoms with van der Waals surface area (Å²) in [5, 5.41) is 0. The predicted molar refractivity (Wildman–Crippen MR) is 59.9 cm³/mol. The summed E-state index contributed by atoms with van der Waals surface area (Å²) in [6, 6.07) is 0. The van der Waals surface area contributed by atoms with Crippen LogP contribution in [0.15, 0.2) is 0 Å². The van der Waals surface area contributed by atoms with Gasteiger partial charge in [-0.15, -0.1) is 0 Å². The highest BCUT2D eigenvalue weighted by atomic mass is 16.7. The number of nitrogens with one attached hydrogen (secondary N) is 1. The standard InChI is InChI=1S/C11H21N3O2/c12-13-16-11(15)5-6-14(7-9-1-2-9)8-10-3-4-10/h9-10,13H,1-8,12H2. The summed E-state index contributed by atoms with van der Waals surface area (Å²) in [7, 11) is 0. The van der Waals surface area contributed by atoms with Gasteiger partial charge in [0.05, 0.1) is 6.42 Å². The molecule has 0 aromatic carbocycles. The summed E-state index contributed by atoms with van der Waals surface area (Å²) < 4.78 is 0. The van der Waals surface area contributed by atoms with E-state index >= 15 is 0 Å². The number of nitrogens with zero attached hydrogens (tertiary/aromatic N) is 1. The van der Waals surface area contributed by atoms with Crippen molar-refractivity contribution in [1.82, 2.24) is 10.5 Å². The zero-order chi connectivity index (χ0) is 11.4. The molecule has 3 N–H and O–H groups in total. The summed E-state index contributed by atoms with van der Waals surface area (Å²) in [5.74, 6) is 6.39. The smallest absolute Gasteiger partial charge is 0.327 e. The summed E-state index contributed by atoms with van der Waals surface area (Å²) in [4.78, 5) is 18.1. The van der Waals surface area contributed by atoms with Crippen molar-refractivity contribution in [3.63, 3.8) is 0 Å². The molecule has 0 atom stereocenters. The lowest BCUT2D eigenvalue weighted by molar-refractivity contribution is -0.151. The quantitative estimate of drug-likeness (QED) is 0.464. The Bertz CT molecular complexity index is 225. The van der Waals surface area contributed by atoms with Crippen LogP contribution in [-0.4, -0.2) is 30.5 Å². The Morgan fingerprint density at radius 2 is 1.81 bits per heavy atom. The fourth-order valence-corrected chi connectivity index (χ4v) is 1.95. The van der Waals surface area contributed by atoms with Gasteiger partial charge in [0.2, 0.25) is 0 Å². The SMILES string of the molecule is NNOC(=O)CCN(CC1CC1)CC1CC1. The lowest BCUT2D eigenvalue weighted by Crippen LogP contribution is -2.33. The predicted octanol–water partition coefficient (Wildman–Crippen LogP) is 0.420. The summed E-state index contributed by atoms with van der Waals surface area (Å²) in [6.45, 7) is 3.10. The summed E-state index contributed by atoms with van der Waals surface area (Å²) in [6.07, 6.45) is 5.85. The van der Waals surface area contributed by atoms with Crippen LogP contribution in [-0.2, 0) is 9.63 Å². The molecule has 16 heavy (non-hydrogen) atoms. The van der Waals surface area contributed by atoms with Crippen LogP contribution in [0, 0.1) is 11.8 Å². The van der Waals surface area contributed by atoms with Crippen LogP contribution in [0.2, 0.25) is 0 Å². The van der Waals surface area contributed by atoms with E-state index in [2.05, 4.69) is 9.74 Å². The van der Waals surface area contributed by atoms with Crippen LogP contribution in [0.4, 0.5) is 0 Å². The van der Waals surface area contributed by atoms with Gasteiger partial charge in [-0.3, -0.25) is 4.79 Å². The second-order valence-corrected chi connectivity index (χ2v) is 4.99. The third kappa shape index (κ3) is 4.47. The highest BCUT2D eigenvalue weighted by molar-refractivity contribution is 5.69. The monoisotopic (exact) mass is 227 g/mol. The van der Waals surface area contributed by atoms with Crippen molar-refractivity contribution < 1.29 is 9.63 Å². The molecule has 5 nitrogen and oxygen atoms in total. The molecule has 0 radical (unpaired) electrons. The number of hydrogen-bond donors (Lipinski definition) is 2. The number of nitrogens with two attached hydrogens (primary N) is 1. The number of hydrogen-bond acceptors (Lipinski definition) is 5. The van der Waals surface area contributed by atoms with E-state index in [1.54, 1.807) is 0 Å². The van der Waals surface area contributed by atoms with Crippen molar-refractivity contribution in [2.24, 2.45) is 17.7 Å². The second-order valence-electron chi connectivity index (χ2n) is 4.99. The lowest BCUT2D eigenvalue weighted by atomic mass is 10.3. The molecule has 0 heterocycles. The molecular weight excluding hydrogens is 206 g/mol. The normalized spacial score (nSPS) is 20.1. The van der Waals surface area contributed by atoms with Gasteiger partial charge >= 0.3 is 5.97 Å². The molecule has 0 bridgehead atoms. The van der Waals surface area contributed by atoms with Gasteiger partial charge in [0.25, 0.3) is 0 Å². The number of rotatable bonds is 8. The Hall–Kier alpha value is -0.650. The minimum absolute atomic E-state index is 0.279. The van der Waals surface area contributed by atoms with Crippen LogP contribution in [0.1, 0.15) is 32.1 Å². The summed E-state index contributed by atoms with van der Waals surface area (Å²) in [5.41, 5.74) is 1.93. The topological polar surface area (TPSA) is 67.6 Å². The van der Waals surface area contributed by atoms with E-state index in [1.807, 2.05) is 5.59 Å². The number of carbonyl (C=O) groups excluding carboxylic acids is 1. The van der Waals surface area contributed by atoms with Gasteiger partial charge in [-0.1, -0.05) is 5.59 Å². The average Bonchev–Trinajstić information content (AvgIpc) is 3.09. The minimum Gasteiger partial charge on any atom is -0.356 e. The molecule has 0 aromatic rings. The van der Waals surface area contributed by atoms with E-state index in [9.17, 15) is 4.79 Å². The molecule has 5 heteroatoms. The molecule has 0 unspecified atom stereocenters. The van der Waals surface area contributed by atoms with Crippen LogP contribution in [0.5, 0.6) is 0 Å². The molecule has 2 fully saturated rings. The maximum absolute atomic E-state index is 11.2. The van der Waals surface area contributed by atoms with E-state index in [-0.39, 0.29) is 5.97 Å². The van der Waals surface area contributed by atoms with E-state index in [1.165, 1.54) is 25.7 Å². The summed E-state index contributed by atoms with van der Waals surface area (Å²) >= 11 is 0. The average molecular weight is 227 g/mol. The first-order chi connectivity index (χ1) is 7.78. The van der Waals surface area contributed by atoms with E-state index in [0.717, 1.165) is 31.5 Å². The van der Waals surface area contributed by atoms with Gasteiger partial charge in [0.15, 0.2) is 0 Å². The first kappa shape index (κ1) is 11.8. The third-order valence-electron chi connectivity index (χ3n) is 3.23. The van der Waals surface area contributed by atoms with Crippen LogP contribution in [0.3, 0.4) is 0 Å². The van der Waals surface area contributed by atoms with Crippen molar-refractivity contribution in [3.05, 3.63) is 0 Å². The Morgan fingerprint density at radius 1 is 1.25 bits per heavy atom. The van der Waals surface area contributed by atoms with Crippen molar-refractivity contribution >= 4 is 5.97 Å². The Labute approximate surface area is 96.2 Å². The number of carbonyl (C=O) groups is 1. The molecule has 2 rings (SSSR count).